The molecule has 30 heavy (non-hydrogen) atoms. The van der Waals surface area contributed by atoms with E-state index in [4.69, 9.17) is 9.94 Å². The predicted octanol–water partition coefficient (Wildman–Crippen LogP) is 2.88. The molecule has 166 valence electrons. The van der Waals surface area contributed by atoms with Gasteiger partial charge in [-0.2, -0.15) is 0 Å². The van der Waals surface area contributed by atoms with E-state index in [0.29, 0.717) is 17.8 Å². The summed E-state index contributed by atoms with van der Waals surface area (Å²) < 4.78 is 0. The van der Waals surface area contributed by atoms with Crippen molar-refractivity contribution in [2.75, 3.05) is 13.2 Å². The Labute approximate surface area is 177 Å². The first kappa shape index (κ1) is 21.3. The van der Waals surface area contributed by atoms with E-state index in [2.05, 4.69) is 30.4 Å². The fourth-order valence-corrected chi connectivity index (χ4v) is 7.01. The third-order valence-corrected chi connectivity index (χ3v) is 8.74. The van der Waals surface area contributed by atoms with Crippen LogP contribution in [0.2, 0.25) is 0 Å². The Morgan fingerprint density at radius 2 is 1.97 bits per heavy atom. The van der Waals surface area contributed by atoms with Crippen LogP contribution in [-0.4, -0.2) is 47.1 Å². The fourth-order valence-electron chi connectivity index (χ4n) is 7.01. The molecule has 6 atom stereocenters. The van der Waals surface area contributed by atoms with Crippen molar-refractivity contribution in [3.63, 3.8) is 0 Å². The second-order valence-electron chi connectivity index (χ2n) is 10.2. The van der Waals surface area contributed by atoms with Crippen LogP contribution in [0.5, 0.6) is 0 Å². The number of rotatable bonds is 5. The van der Waals surface area contributed by atoms with E-state index in [9.17, 15) is 14.7 Å². The number of aliphatic carboxylic acids is 1. The number of fused-ring (bicyclic) bond motifs is 5. The molecular weight excluding hydrogens is 384 g/mol. The van der Waals surface area contributed by atoms with Crippen LogP contribution in [0, 0.1) is 28.6 Å². The summed E-state index contributed by atoms with van der Waals surface area (Å²) in [5.41, 5.74) is 2.61. The van der Waals surface area contributed by atoms with Gasteiger partial charge in [0.1, 0.15) is 6.54 Å². The van der Waals surface area contributed by atoms with E-state index >= 15 is 0 Å². The predicted molar refractivity (Wildman–Crippen MR) is 112 cm³/mol. The van der Waals surface area contributed by atoms with Gasteiger partial charge in [-0.3, -0.25) is 9.59 Å². The minimum Gasteiger partial charge on any atom is -0.480 e. The van der Waals surface area contributed by atoms with Gasteiger partial charge in [-0.05, 0) is 86.0 Å². The molecule has 1 amide bonds. The minimum absolute atomic E-state index is 0.106. The molecule has 0 aromatic rings. The van der Waals surface area contributed by atoms with E-state index in [1.54, 1.807) is 0 Å². The molecule has 0 heterocycles. The Morgan fingerprint density at radius 3 is 2.73 bits per heavy atom. The van der Waals surface area contributed by atoms with Crippen LogP contribution in [0.1, 0.15) is 65.2 Å². The van der Waals surface area contributed by atoms with Crippen LogP contribution in [-0.2, 0) is 14.4 Å². The van der Waals surface area contributed by atoms with Gasteiger partial charge in [0, 0.05) is 0 Å². The van der Waals surface area contributed by atoms with Crippen molar-refractivity contribution in [1.29, 1.82) is 0 Å². The van der Waals surface area contributed by atoms with E-state index in [-0.39, 0.29) is 23.5 Å². The number of nitrogens with zero attached hydrogens (tertiary/aromatic N) is 1. The first-order valence-electron chi connectivity index (χ1n) is 11.3. The number of carboxylic acids is 1. The van der Waals surface area contributed by atoms with Crippen molar-refractivity contribution in [3.8, 4) is 0 Å². The van der Waals surface area contributed by atoms with Gasteiger partial charge in [-0.25, -0.2) is 0 Å². The molecule has 0 aliphatic heterocycles. The largest absolute Gasteiger partial charge is 0.480 e. The highest BCUT2D eigenvalue weighted by atomic mass is 16.6. The molecule has 0 aromatic carbocycles. The zero-order valence-corrected chi connectivity index (χ0v) is 18.0. The van der Waals surface area contributed by atoms with Gasteiger partial charge in [0.2, 0.25) is 0 Å². The molecule has 0 unspecified atom stereocenters. The number of hydrogen-bond acceptors (Lipinski definition) is 5. The molecule has 0 radical (unpaired) electrons. The third-order valence-electron chi connectivity index (χ3n) is 8.74. The number of aliphatic hydroxyl groups is 1. The Morgan fingerprint density at radius 1 is 1.17 bits per heavy atom. The summed E-state index contributed by atoms with van der Waals surface area (Å²) in [4.78, 5) is 27.2. The number of oxime groups is 1. The molecule has 3 fully saturated rings. The normalized spacial score (nSPS) is 41.3. The van der Waals surface area contributed by atoms with Crippen molar-refractivity contribution < 1.29 is 24.6 Å². The number of nitrogens with one attached hydrogen (secondary N) is 1. The molecule has 0 saturated heterocycles. The van der Waals surface area contributed by atoms with E-state index < -0.39 is 18.4 Å². The average molecular weight is 419 g/mol. The molecule has 3 saturated carbocycles. The Balaban J connectivity index is 1.41. The number of carbonyl (C=O) groups excluding carboxylic acids is 1. The van der Waals surface area contributed by atoms with Crippen LogP contribution < -0.4 is 5.32 Å². The van der Waals surface area contributed by atoms with Crippen LogP contribution in [0.25, 0.3) is 0 Å². The highest BCUT2D eigenvalue weighted by Crippen LogP contribution is 2.65. The molecule has 4 aliphatic rings. The Hall–Kier alpha value is -1.89. The summed E-state index contributed by atoms with van der Waals surface area (Å²) in [5, 5.41) is 25.6. The number of carboxylic acid groups (broad SMARTS) is 1. The Bertz CT molecular complexity index is 778. The average Bonchev–Trinajstić information content (AvgIpc) is 3.01. The van der Waals surface area contributed by atoms with Crippen molar-refractivity contribution in [2.24, 2.45) is 33.7 Å². The van der Waals surface area contributed by atoms with Crippen LogP contribution >= 0.6 is 0 Å². The van der Waals surface area contributed by atoms with Gasteiger partial charge in [-0.1, -0.05) is 24.6 Å². The van der Waals surface area contributed by atoms with Crippen LogP contribution in [0.15, 0.2) is 16.8 Å². The minimum atomic E-state index is -1.09. The molecule has 7 heteroatoms. The smallest absolute Gasteiger partial charge is 0.322 e. The molecule has 4 aliphatic carbocycles. The lowest BCUT2D eigenvalue weighted by Crippen LogP contribution is -2.51. The molecular formula is C23H34N2O5. The summed E-state index contributed by atoms with van der Waals surface area (Å²) in [5.74, 6) is 0.449. The maximum atomic E-state index is 11.6. The second-order valence-corrected chi connectivity index (χ2v) is 10.2. The number of carbonyl (C=O) groups is 2. The van der Waals surface area contributed by atoms with Crippen molar-refractivity contribution in [2.45, 2.75) is 71.3 Å². The topological polar surface area (TPSA) is 108 Å². The molecule has 0 aromatic heterocycles. The number of aliphatic hydroxyl groups excluding tert-OH is 1. The van der Waals surface area contributed by atoms with Crippen LogP contribution in [0.4, 0.5) is 0 Å². The van der Waals surface area contributed by atoms with Crippen molar-refractivity contribution in [3.05, 3.63) is 11.6 Å². The maximum absolute atomic E-state index is 11.6. The standard InChI is InChI=1S/C23H34N2O5/c1-22-9-7-15(25-30-13-20(27)24-12-21(28)29)11-14(22)3-4-16-17-5-6-19(26)23(17,2)10-8-18(16)22/h11,16-19,26H,3-10,12-13H2,1-2H3,(H,24,27)(H,28,29)/b25-15+/t16-,17-,18-,19-,22+,23-/m1/s1. The highest BCUT2D eigenvalue weighted by molar-refractivity contribution is 5.96. The summed E-state index contributed by atoms with van der Waals surface area (Å²) in [6.07, 6.45) is 10.6. The monoisotopic (exact) mass is 418 g/mol. The molecule has 0 spiro atoms. The zero-order valence-electron chi connectivity index (χ0n) is 18.0. The summed E-state index contributed by atoms with van der Waals surface area (Å²) >= 11 is 0. The number of amides is 1. The van der Waals surface area contributed by atoms with E-state index in [1.807, 2.05) is 0 Å². The molecule has 7 nitrogen and oxygen atoms in total. The summed E-state index contributed by atoms with van der Waals surface area (Å²) in [6.45, 7) is 4.04. The Kier molecular flexibility index (Phi) is 5.68. The van der Waals surface area contributed by atoms with Gasteiger partial charge in [0.05, 0.1) is 11.8 Å². The first-order valence-corrected chi connectivity index (χ1v) is 11.3. The highest BCUT2D eigenvalue weighted by Gasteiger charge is 2.58. The molecule has 4 rings (SSSR count). The van der Waals surface area contributed by atoms with Gasteiger partial charge in [-0.15, -0.1) is 0 Å². The summed E-state index contributed by atoms with van der Waals surface area (Å²) in [6, 6.07) is 0. The fraction of sp³-hybridized carbons (Fsp3) is 0.783. The molecule has 3 N–H and O–H groups in total. The van der Waals surface area contributed by atoms with Crippen molar-refractivity contribution in [1.82, 2.24) is 5.32 Å². The van der Waals surface area contributed by atoms with Gasteiger partial charge in [0.15, 0.2) is 6.61 Å². The number of hydrogen-bond donors (Lipinski definition) is 3. The van der Waals surface area contributed by atoms with Crippen LogP contribution in [0.3, 0.4) is 0 Å². The summed E-state index contributed by atoms with van der Waals surface area (Å²) in [7, 11) is 0. The van der Waals surface area contributed by atoms with E-state index in [1.165, 1.54) is 24.8 Å². The first-order chi connectivity index (χ1) is 14.2. The lowest BCUT2D eigenvalue weighted by molar-refractivity contribution is -0.138. The van der Waals surface area contributed by atoms with Gasteiger partial charge in [0.25, 0.3) is 5.91 Å². The second kappa shape index (κ2) is 7.98. The lowest BCUT2D eigenvalue weighted by Gasteiger charge is -2.57. The molecule has 0 bridgehead atoms. The van der Waals surface area contributed by atoms with Gasteiger partial charge >= 0.3 is 5.97 Å². The van der Waals surface area contributed by atoms with Crippen molar-refractivity contribution >= 4 is 17.6 Å². The quantitative estimate of drug-likeness (QED) is 0.595. The maximum Gasteiger partial charge on any atom is 0.322 e. The van der Waals surface area contributed by atoms with E-state index in [0.717, 1.165) is 37.8 Å². The SMILES string of the molecule is C[C@@]12CC[C@@H]3[C@H](CCC4=C/C(=N/OCC(=O)NCC(=O)O)CC[C@@]43C)[C@H]1CC[C@H]2O. The lowest BCUT2D eigenvalue weighted by atomic mass is 9.47. The third kappa shape index (κ3) is 3.66. The zero-order chi connectivity index (χ0) is 21.5. The van der Waals surface area contributed by atoms with Gasteiger partial charge < -0.3 is 20.4 Å². The number of allylic oxidation sites excluding steroid dienone is 2.